The van der Waals surface area contributed by atoms with E-state index in [-0.39, 0.29) is 5.91 Å². The first-order valence-electron chi connectivity index (χ1n) is 9.32. The van der Waals surface area contributed by atoms with Crippen molar-refractivity contribution in [3.05, 3.63) is 52.8 Å². The predicted octanol–water partition coefficient (Wildman–Crippen LogP) is 4.24. The Balaban J connectivity index is 1.47. The molecule has 0 atom stereocenters. The third-order valence-electron chi connectivity index (χ3n) is 4.69. The number of anilines is 1. The van der Waals surface area contributed by atoms with Gasteiger partial charge in [0.1, 0.15) is 0 Å². The van der Waals surface area contributed by atoms with Crippen molar-refractivity contribution >= 4 is 23.5 Å². The van der Waals surface area contributed by atoms with Crippen molar-refractivity contribution in [1.82, 2.24) is 15.3 Å². The number of hydrogen-bond acceptors (Lipinski definition) is 4. The maximum Gasteiger partial charge on any atom is 0.254 e. The van der Waals surface area contributed by atoms with Gasteiger partial charge in [-0.25, -0.2) is 9.97 Å². The normalized spacial score (nSPS) is 15.3. The van der Waals surface area contributed by atoms with Gasteiger partial charge in [0.15, 0.2) is 0 Å². The smallest absolute Gasteiger partial charge is 0.254 e. The minimum Gasteiger partial charge on any atom is -0.352 e. The zero-order valence-corrected chi connectivity index (χ0v) is 15.6. The monoisotopic (exact) mass is 372 g/mol. The summed E-state index contributed by atoms with van der Waals surface area (Å²) in [6.07, 6.45) is 11.4. The molecule has 1 heterocycles. The van der Waals surface area contributed by atoms with E-state index in [2.05, 4.69) is 20.6 Å². The molecule has 1 aromatic carbocycles. The van der Waals surface area contributed by atoms with Crippen LogP contribution in [-0.4, -0.2) is 28.5 Å². The lowest BCUT2D eigenvalue weighted by atomic mass is 10.1. The molecule has 0 radical (unpaired) electrons. The fraction of sp³-hybridized carbons (Fsp3) is 0.450. The molecule has 0 bridgehead atoms. The third kappa shape index (κ3) is 5.70. The molecule has 0 spiro atoms. The van der Waals surface area contributed by atoms with Crippen LogP contribution in [0.2, 0.25) is 5.02 Å². The van der Waals surface area contributed by atoms with Gasteiger partial charge in [0.2, 0.25) is 5.95 Å². The Hall–Kier alpha value is -2.14. The first kappa shape index (κ1) is 18.6. The average molecular weight is 373 g/mol. The predicted molar refractivity (Wildman–Crippen MR) is 105 cm³/mol. The molecule has 3 rings (SSSR count). The summed E-state index contributed by atoms with van der Waals surface area (Å²) in [5, 5.41) is 6.99. The molecule has 6 heteroatoms. The maximum atomic E-state index is 12.2. The Bertz CT molecular complexity index is 712. The second-order valence-corrected chi connectivity index (χ2v) is 7.20. The van der Waals surface area contributed by atoms with E-state index in [9.17, 15) is 4.79 Å². The van der Waals surface area contributed by atoms with E-state index in [1.165, 1.54) is 25.7 Å². The van der Waals surface area contributed by atoms with Crippen LogP contribution in [0.5, 0.6) is 0 Å². The molecular weight excluding hydrogens is 348 g/mol. The molecule has 0 unspecified atom stereocenters. The number of halogens is 1. The molecule has 138 valence electrons. The SMILES string of the molecule is O=C(NCCc1cccc(Cl)c1)c1cnc(NC2CCCCCC2)nc1. The number of hydrogen-bond donors (Lipinski definition) is 2. The number of carbonyl (C=O) groups is 1. The lowest BCUT2D eigenvalue weighted by Gasteiger charge is -2.15. The zero-order chi connectivity index (χ0) is 18.2. The van der Waals surface area contributed by atoms with Gasteiger partial charge < -0.3 is 10.6 Å². The van der Waals surface area contributed by atoms with E-state index in [1.54, 1.807) is 12.4 Å². The summed E-state index contributed by atoms with van der Waals surface area (Å²) in [6.45, 7) is 0.543. The highest BCUT2D eigenvalue weighted by molar-refractivity contribution is 6.30. The summed E-state index contributed by atoms with van der Waals surface area (Å²) in [7, 11) is 0. The highest BCUT2D eigenvalue weighted by atomic mass is 35.5. The largest absolute Gasteiger partial charge is 0.352 e. The Labute approximate surface area is 159 Å². The van der Waals surface area contributed by atoms with E-state index in [0.29, 0.717) is 29.1 Å². The van der Waals surface area contributed by atoms with Gasteiger partial charge in [-0.2, -0.15) is 0 Å². The van der Waals surface area contributed by atoms with Gasteiger partial charge in [0.25, 0.3) is 5.91 Å². The molecule has 1 fully saturated rings. The van der Waals surface area contributed by atoms with Gasteiger partial charge in [0.05, 0.1) is 5.56 Å². The summed E-state index contributed by atoms with van der Waals surface area (Å²) in [6, 6.07) is 8.09. The maximum absolute atomic E-state index is 12.2. The molecule has 1 aromatic heterocycles. The molecule has 2 N–H and O–H groups in total. The molecule has 1 aliphatic carbocycles. The lowest BCUT2D eigenvalue weighted by molar-refractivity contribution is 0.0953. The number of benzene rings is 1. The van der Waals surface area contributed by atoms with E-state index in [4.69, 9.17) is 11.6 Å². The van der Waals surface area contributed by atoms with Crippen molar-refractivity contribution in [3.63, 3.8) is 0 Å². The van der Waals surface area contributed by atoms with Crippen molar-refractivity contribution in [2.24, 2.45) is 0 Å². The van der Waals surface area contributed by atoms with Crippen LogP contribution < -0.4 is 10.6 Å². The quantitative estimate of drug-likeness (QED) is 0.744. The number of nitrogens with zero attached hydrogens (tertiary/aromatic N) is 2. The Kier molecular flexibility index (Phi) is 6.83. The second-order valence-electron chi connectivity index (χ2n) is 6.76. The average Bonchev–Trinajstić information content (AvgIpc) is 2.91. The number of rotatable bonds is 6. The van der Waals surface area contributed by atoms with Gasteiger partial charge in [-0.05, 0) is 37.0 Å². The van der Waals surface area contributed by atoms with Gasteiger partial charge in [-0.15, -0.1) is 0 Å². The van der Waals surface area contributed by atoms with Crippen LogP contribution in [0, 0.1) is 0 Å². The molecule has 0 saturated heterocycles. The van der Waals surface area contributed by atoms with E-state index in [0.717, 1.165) is 24.8 Å². The van der Waals surface area contributed by atoms with Crippen LogP contribution in [0.25, 0.3) is 0 Å². The van der Waals surface area contributed by atoms with Crippen LogP contribution in [0.1, 0.15) is 54.4 Å². The fourth-order valence-corrected chi connectivity index (χ4v) is 3.45. The summed E-state index contributed by atoms with van der Waals surface area (Å²) < 4.78 is 0. The minimum atomic E-state index is -0.159. The number of aromatic nitrogens is 2. The van der Waals surface area contributed by atoms with Crippen LogP contribution in [0.3, 0.4) is 0 Å². The number of amides is 1. The van der Waals surface area contributed by atoms with Gasteiger partial charge in [0, 0.05) is 30.0 Å². The van der Waals surface area contributed by atoms with E-state index < -0.39 is 0 Å². The highest BCUT2D eigenvalue weighted by Gasteiger charge is 2.13. The number of carbonyl (C=O) groups excluding carboxylic acids is 1. The summed E-state index contributed by atoms with van der Waals surface area (Å²) in [4.78, 5) is 20.8. The molecule has 2 aromatic rings. The molecule has 26 heavy (non-hydrogen) atoms. The standard InChI is InChI=1S/C20H25ClN4O/c21-17-7-5-6-15(12-17)10-11-22-19(26)16-13-23-20(24-14-16)25-18-8-3-1-2-4-9-18/h5-7,12-14,18H,1-4,8-11H2,(H,22,26)(H,23,24,25). The summed E-state index contributed by atoms with van der Waals surface area (Å²) in [5.74, 6) is 0.445. The molecule has 1 amide bonds. The van der Waals surface area contributed by atoms with Gasteiger partial charge >= 0.3 is 0 Å². The molecule has 1 saturated carbocycles. The van der Waals surface area contributed by atoms with Crippen LogP contribution in [0.15, 0.2) is 36.7 Å². The van der Waals surface area contributed by atoms with Crippen molar-refractivity contribution < 1.29 is 4.79 Å². The van der Waals surface area contributed by atoms with Crippen LogP contribution in [0.4, 0.5) is 5.95 Å². The van der Waals surface area contributed by atoms with Crippen molar-refractivity contribution in [2.75, 3.05) is 11.9 Å². The van der Waals surface area contributed by atoms with Crippen molar-refractivity contribution in [2.45, 2.75) is 51.0 Å². The highest BCUT2D eigenvalue weighted by Crippen LogP contribution is 2.19. The number of nitrogens with one attached hydrogen (secondary N) is 2. The molecule has 5 nitrogen and oxygen atoms in total. The third-order valence-corrected chi connectivity index (χ3v) is 4.93. The van der Waals surface area contributed by atoms with Crippen molar-refractivity contribution in [1.29, 1.82) is 0 Å². The topological polar surface area (TPSA) is 66.9 Å². The van der Waals surface area contributed by atoms with Crippen LogP contribution >= 0.6 is 11.6 Å². The molecular formula is C20H25ClN4O. The first-order chi connectivity index (χ1) is 12.7. The Morgan fingerprint density at radius 2 is 1.85 bits per heavy atom. The molecule has 0 aliphatic heterocycles. The van der Waals surface area contributed by atoms with Gasteiger partial charge in [-0.3, -0.25) is 4.79 Å². The first-order valence-corrected chi connectivity index (χ1v) is 9.70. The van der Waals surface area contributed by atoms with Crippen molar-refractivity contribution in [3.8, 4) is 0 Å². The lowest BCUT2D eigenvalue weighted by Crippen LogP contribution is -2.26. The Morgan fingerprint density at radius 1 is 1.12 bits per heavy atom. The molecule has 1 aliphatic rings. The summed E-state index contributed by atoms with van der Waals surface area (Å²) in [5.41, 5.74) is 1.57. The van der Waals surface area contributed by atoms with E-state index in [1.807, 2.05) is 24.3 Å². The second kappa shape index (κ2) is 9.53. The fourth-order valence-electron chi connectivity index (χ4n) is 3.24. The summed E-state index contributed by atoms with van der Waals surface area (Å²) >= 11 is 5.97. The van der Waals surface area contributed by atoms with Gasteiger partial charge in [-0.1, -0.05) is 49.4 Å². The minimum absolute atomic E-state index is 0.159. The van der Waals surface area contributed by atoms with Crippen LogP contribution in [-0.2, 0) is 6.42 Å². The van der Waals surface area contributed by atoms with E-state index >= 15 is 0 Å². The Morgan fingerprint density at radius 3 is 2.54 bits per heavy atom. The zero-order valence-electron chi connectivity index (χ0n) is 14.9.